The van der Waals surface area contributed by atoms with Crippen LogP contribution in [0.3, 0.4) is 0 Å². The number of ether oxygens (including phenoxy) is 2. The molecule has 0 saturated carbocycles. The number of nitrogens with zero attached hydrogens (tertiary/aromatic N) is 1. The second-order valence-electron chi connectivity index (χ2n) is 8.11. The third kappa shape index (κ3) is 3.77. The highest BCUT2D eigenvalue weighted by Crippen LogP contribution is 2.37. The van der Waals surface area contributed by atoms with E-state index in [4.69, 9.17) is 9.47 Å². The third-order valence-corrected chi connectivity index (χ3v) is 7.09. The largest absolute Gasteiger partial charge is 0.497 e. The van der Waals surface area contributed by atoms with Crippen molar-refractivity contribution in [3.05, 3.63) is 64.4 Å². The van der Waals surface area contributed by atoms with Gasteiger partial charge in [-0.1, -0.05) is 12.1 Å². The Bertz CT molecular complexity index is 1270. The summed E-state index contributed by atoms with van der Waals surface area (Å²) in [6.07, 6.45) is 0.502. The third-order valence-electron chi connectivity index (χ3n) is 6.22. The summed E-state index contributed by atoms with van der Waals surface area (Å²) in [4.78, 5) is 41.4. The van der Waals surface area contributed by atoms with Gasteiger partial charge < -0.3 is 25.0 Å². The normalized spacial score (nSPS) is 19.1. The van der Waals surface area contributed by atoms with Crippen LogP contribution in [0.15, 0.2) is 53.9 Å². The van der Waals surface area contributed by atoms with E-state index >= 15 is 0 Å². The summed E-state index contributed by atoms with van der Waals surface area (Å²) in [5.74, 6) is 0.475. The molecule has 0 aliphatic carbocycles. The van der Waals surface area contributed by atoms with Crippen LogP contribution >= 0.6 is 11.3 Å². The molecule has 2 aliphatic heterocycles. The quantitative estimate of drug-likeness (QED) is 0.587. The van der Waals surface area contributed by atoms with Gasteiger partial charge >= 0.3 is 0 Å². The van der Waals surface area contributed by atoms with Gasteiger partial charge in [-0.25, -0.2) is 0 Å². The zero-order chi connectivity index (χ0) is 23.8. The maximum atomic E-state index is 13.5. The average molecular weight is 478 g/mol. The van der Waals surface area contributed by atoms with Crippen LogP contribution in [0.4, 0.5) is 5.69 Å². The lowest BCUT2D eigenvalue weighted by Gasteiger charge is -2.24. The van der Waals surface area contributed by atoms with Crippen LogP contribution in [-0.4, -0.2) is 55.5 Å². The highest BCUT2D eigenvalue weighted by Gasteiger charge is 2.45. The van der Waals surface area contributed by atoms with Gasteiger partial charge in [-0.15, -0.1) is 11.3 Å². The number of nitrogens with one attached hydrogen (secondary N) is 2. The summed E-state index contributed by atoms with van der Waals surface area (Å²) in [6, 6.07) is 13.1. The number of thiophene rings is 1. The maximum Gasteiger partial charge on any atom is 0.261 e. The van der Waals surface area contributed by atoms with E-state index < -0.39 is 12.1 Å². The summed E-state index contributed by atoms with van der Waals surface area (Å²) in [7, 11) is 3.16. The summed E-state index contributed by atoms with van der Waals surface area (Å²) >= 11 is 1.33. The molecule has 3 aromatic rings. The number of methoxy groups -OCH3 is 2. The smallest absolute Gasteiger partial charge is 0.261 e. The van der Waals surface area contributed by atoms with Crippen molar-refractivity contribution >= 4 is 34.7 Å². The average Bonchev–Trinajstić information content (AvgIpc) is 3.52. The standard InChI is InChI=1S/C25H23N3O5S/c1-32-15-6-7-16(20(13-15)33-2)14-5-8-18-17(12-14)25(31)28-10-9-19(22(28)24(30)26-18)27-23(29)21-4-3-11-34-21/h3-8,11-13,19,22H,9-10H2,1-2H3,(H,26,30)(H,27,29). The molecule has 9 heteroatoms. The van der Waals surface area contributed by atoms with Crippen LogP contribution in [0.1, 0.15) is 26.5 Å². The highest BCUT2D eigenvalue weighted by atomic mass is 32.1. The number of hydrogen-bond donors (Lipinski definition) is 2. The first-order chi connectivity index (χ1) is 16.5. The van der Waals surface area contributed by atoms with E-state index in [1.807, 2.05) is 23.6 Å². The van der Waals surface area contributed by atoms with Gasteiger partial charge in [-0.2, -0.15) is 0 Å². The minimum absolute atomic E-state index is 0.238. The molecule has 2 aromatic carbocycles. The Labute approximate surface area is 200 Å². The fourth-order valence-corrected chi connectivity index (χ4v) is 5.17. The molecule has 5 rings (SSSR count). The number of benzene rings is 2. The number of hydrogen-bond acceptors (Lipinski definition) is 6. The zero-order valence-electron chi connectivity index (χ0n) is 18.7. The Morgan fingerprint density at radius 3 is 2.68 bits per heavy atom. The number of carbonyl (C=O) groups excluding carboxylic acids is 3. The van der Waals surface area contributed by atoms with Crippen LogP contribution in [0.2, 0.25) is 0 Å². The van der Waals surface area contributed by atoms with Gasteiger partial charge in [0.15, 0.2) is 0 Å². The van der Waals surface area contributed by atoms with E-state index in [-0.39, 0.29) is 17.7 Å². The van der Waals surface area contributed by atoms with Crippen LogP contribution in [-0.2, 0) is 4.79 Å². The molecule has 0 radical (unpaired) electrons. The van der Waals surface area contributed by atoms with Crippen molar-refractivity contribution in [2.45, 2.75) is 18.5 Å². The molecule has 0 spiro atoms. The van der Waals surface area contributed by atoms with Crippen molar-refractivity contribution in [1.29, 1.82) is 0 Å². The zero-order valence-corrected chi connectivity index (χ0v) is 19.5. The maximum absolute atomic E-state index is 13.5. The molecule has 2 unspecified atom stereocenters. The first-order valence-electron chi connectivity index (χ1n) is 10.8. The van der Waals surface area contributed by atoms with Crippen LogP contribution in [0.5, 0.6) is 11.5 Å². The van der Waals surface area contributed by atoms with E-state index in [1.54, 1.807) is 49.5 Å². The number of carbonyl (C=O) groups is 3. The molecule has 1 aromatic heterocycles. The molecule has 0 bridgehead atoms. The van der Waals surface area contributed by atoms with E-state index in [2.05, 4.69) is 10.6 Å². The van der Waals surface area contributed by atoms with Crippen molar-refractivity contribution < 1.29 is 23.9 Å². The van der Waals surface area contributed by atoms with Crippen molar-refractivity contribution in [2.24, 2.45) is 0 Å². The van der Waals surface area contributed by atoms with Crippen molar-refractivity contribution in [3.63, 3.8) is 0 Å². The second-order valence-corrected chi connectivity index (χ2v) is 9.05. The molecular formula is C25H23N3O5S. The lowest BCUT2D eigenvalue weighted by atomic mass is 10.00. The number of amides is 3. The van der Waals surface area contributed by atoms with Crippen LogP contribution in [0.25, 0.3) is 11.1 Å². The highest BCUT2D eigenvalue weighted by molar-refractivity contribution is 7.12. The Kier molecular flexibility index (Phi) is 5.70. The van der Waals surface area contributed by atoms with E-state index in [9.17, 15) is 14.4 Å². The van der Waals surface area contributed by atoms with Gasteiger partial charge in [-0.05, 0) is 47.7 Å². The van der Waals surface area contributed by atoms with Gasteiger partial charge in [0.05, 0.1) is 36.4 Å². The monoisotopic (exact) mass is 477 g/mol. The van der Waals surface area contributed by atoms with Crippen LogP contribution < -0.4 is 20.1 Å². The topological polar surface area (TPSA) is 97.0 Å². The summed E-state index contributed by atoms with van der Waals surface area (Å²) in [5.41, 5.74) is 2.43. The lowest BCUT2D eigenvalue weighted by molar-refractivity contribution is -0.120. The summed E-state index contributed by atoms with van der Waals surface area (Å²) in [6.45, 7) is 0.377. The predicted octanol–water partition coefficient (Wildman–Crippen LogP) is 3.40. The van der Waals surface area contributed by atoms with Gasteiger partial charge in [0.1, 0.15) is 17.5 Å². The van der Waals surface area contributed by atoms with Crippen molar-refractivity contribution in [1.82, 2.24) is 10.2 Å². The van der Waals surface area contributed by atoms with E-state index in [0.29, 0.717) is 40.6 Å². The Morgan fingerprint density at radius 1 is 1.09 bits per heavy atom. The molecule has 1 fully saturated rings. The molecule has 2 aliphatic rings. The SMILES string of the molecule is COc1ccc(-c2ccc3c(c2)C(=O)N2CCC(NC(=O)c4cccs4)C2C(=O)N3)c(OC)c1. The molecule has 1 saturated heterocycles. The molecular weight excluding hydrogens is 454 g/mol. The molecule has 2 N–H and O–H groups in total. The fraction of sp³-hybridized carbons (Fsp3) is 0.240. The minimum atomic E-state index is -0.775. The summed E-state index contributed by atoms with van der Waals surface area (Å²) < 4.78 is 10.8. The molecule has 174 valence electrons. The lowest BCUT2D eigenvalue weighted by Crippen LogP contribution is -2.51. The fourth-order valence-electron chi connectivity index (χ4n) is 4.54. The second kappa shape index (κ2) is 8.83. The molecule has 8 nitrogen and oxygen atoms in total. The summed E-state index contributed by atoms with van der Waals surface area (Å²) in [5, 5.41) is 7.65. The molecule has 2 atom stereocenters. The Morgan fingerprint density at radius 2 is 1.94 bits per heavy atom. The molecule has 3 amide bonds. The first-order valence-corrected chi connectivity index (χ1v) is 11.7. The van der Waals surface area contributed by atoms with Gasteiger partial charge in [-0.3, -0.25) is 14.4 Å². The first kappa shape index (κ1) is 22.0. The molecule has 34 heavy (non-hydrogen) atoms. The van der Waals surface area contributed by atoms with Crippen molar-refractivity contribution in [3.8, 4) is 22.6 Å². The molecule has 3 heterocycles. The Hall–Kier alpha value is -3.85. The minimum Gasteiger partial charge on any atom is -0.497 e. The van der Waals surface area contributed by atoms with Gasteiger partial charge in [0.2, 0.25) is 5.91 Å². The number of fused-ring (bicyclic) bond motifs is 2. The van der Waals surface area contributed by atoms with E-state index in [0.717, 1.165) is 11.1 Å². The number of rotatable bonds is 5. The van der Waals surface area contributed by atoms with Crippen molar-refractivity contribution in [2.75, 3.05) is 26.1 Å². The van der Waals surface area contributed by atoms with Crippen LogP contribution in [0, 0.1) is 0 Å². The van der Waals surface area contributed by atoms with E-state index in [1.165, 1.54) is 11.3 Å². The van der Waals surface area contributed by atoms with Gasteiger partial charge in [0.25, 0.3) is 11.8 Å². The van der Waals surface area contributed by atoms with Gasteiger partial charge in [0, 0.05) is 18.2 Å². The number of anilines is 1. The predicted molar refractivity (Wildman–Crippen MR) is 129 cm³/mol. The Balaban J connectivity index is 1.45.